The van der Waals surface area contributed by atoms with Gasteiger partial charge in [0.05, 0.1) is 6.61 Å². The van der Waals surface area contributed by atoms with Crippen molar-refractivity contribution in [3.8, 4) is 6.07 Å². The molecule has 0 saturated carbocycles. The van der Waals surface area contributed by atoms with E-state index in [1.54, 1.807) is 6.08 Å². The van der Waals surface area contributed by atoms with E-state index in [1.807, 2.05) is 0 Å². The average Bonchev–Trinajstić information content (AvgIpc) is 2.10. The molecule has 0 spiro atoms. The number of nitrogens with zero attached hydrogens (tertiary/aromatic N) is 1. The topological polar surface area (TPSA) is 70.3 Å². The molecule has 0 aliphatic carbocycles. The Morgan fingerprint density at radius 1 is 1.83 bits per heavy atom. The van der Waals surface area contributed by atoms with Crippen molar-refractivity contribution in [3.05, 3.63) is 12.7 Å². The van der Waals surface area contributed by atoms with E-state index >= 15 is 0 Å². The Balaban J connectivity index is 3.45. The SMILES string of the molecule is C=CCCCOC(=O)C(O)C#N. The van der Waals surface area contributed by atoms with E-state index < -0.39 is 12.1 Å². The van der Waals surface area contributed by atoms with Gasteiger partial charge < -0.3 is 9.84 Å². The monoisotopic (exact) mass is 169 g/mol. The van der Waals surface area contributed by atoms with Gasteiger partial charge in [-0.25, -0.2) is 4.79 Å². The Labute approximate surface area is 71.1 Å². The summed E-state index contributed by atoms with van der Waals surface area (Å²) in [6, 6.07) is 1.37. The Bertz CT molecular complexity index is 195. The van der Waals surface area contributed by atoms with E-state index in [0.29, 0.717) is 6.42 Å². The number of aliphatic hydroxyl groups is 1. The molecular formula is C8H11NO3. The first-order valence-corrected chi connectivity index (χ1v) is 3.57. The molecule has 0 aromatic heterocycles. The zero-order chi connectivity index (χ0) is 9.40. The minimum absolute atomic E-state index is 0.212. The summed E-state index contributed by atoms with van der Waals surface area (Å²) in [6.07, 6.45) is 1.45. The fraction of sp³-hybridized carbons (Fsp3) is 0.500. The van der Waals surface area contributed by atoms with E-state index in [1.165, 1.54) is 6.07 Å². The quantitative estimate of drug-likeness (QED) is 0.279. The lowest BCUT2D eigenvalue weighted by Crippen LogP contribution is -2.21. The van der Waals surface area contributed by atoms with Crippen molar-refractivity contribution in [2.75, 3.05) is 6.61 Å². The number of carbonyl (C=O) groups is 1. The summed E-state index contributed by atoms with van der Waals surface area (Å²) in [4.78, 5) is 10.6. The van der Waals surface area contributed by atoms with Gasteiger partial charge in [0.2, 0.25) is 6.10 Å². The summed E-state index contributed by atoms with van der Waals surface area (Å²) < 4.78 is 4.54. The minimum atomic E-state index is -1.66. The van der Waals surface area contributed by atoms with Gasteiger partial charge in [-0.3, -0.25) is 0 Å². The first-order valence-electron chi connectivity index (χ1n) is 3.57. The van der Waals surface area contributed by atoms with Gasteiger partial charge in [0.1, 0.15) is 6.07 Å². The van der Waals surface area contributed by atoms with Crippen molar-refractivity contribution in [1.29, 1.82) is 5.26 Å². The lowest BCUT2D eigenvalue weighted by Gasteiger charge is -2.02. The maximum atomic E-state index is 10.6. The number of nitriles is 1. The third-order valence-corrected chi connectivity index (χ3v) is 1.14. The molecule has 1 unspecified atom stereocenters. The fourth-order valence-electron chi connectivity index (χ4n) is 0.532. The van der Waals surface area contributed by atoms with Crippen LogP contribution in [0.15, 0.2) is 12.7 Å². The second-order valence-electron chi connectivity index (χ2n) is 2.13. The van der Waals surface area contributed by atoms with E-state index in [4.69, 9.17) is 10.4 Å². The van der Waals surface area contributed by atoms with Crippen LogP contribution < -0.4 is 0 Å². The molecule has 0 aromatic rings. The highest BCUT2D eigenvalue weighted by atomic mass is 16.5. The molecule has 66 valence electrons. The summed E-state index contributed by atoms with van der Waals surface area (Å²) in [7, 11) is 0. The van der Waals surface area contributed by atoms with Gasteiger partial charge in [0.25, 0.3) is 0 Å². The third-order valence-electron chi connectivity index (χ3n) is 1.14. The molecule has 0 saturated heterocycles. The number of allylic oxidation sites excluding steroid dienone is 1. The summed E-state index contributed by atoms with van der Waals surface area (Å²) in [5.41, 5.74) is 0. The maximum absolute atomic E-state index is 10.6. The van der Waals surface area contributed by atoms with Crippen LogP contribution in [0, 0.1) is 11.3 Å². The molecule has 0 aromatic carbocycles. The molecule has 0 fully saturated rings. The van der Waals surface area contributed by atoms with Crippen molar-refractivity contribution < 1.29 is 14.6 Å². The van der Waals surface area contributed by atoms with Crippen molar-refractivity contribution in [1.82, 2.24) is 0 Å². The second kappa shape index (κ2) is 6.38. The largest absolute Gasteiger partial charge is 0.463 e. The maximum Gasteiger partial charge on any atom is 0.349 e. The Morgan fingerprint density at radius 2 is 2.50 bits per heavy atom. The van der Waals surface area contributed by atoms with Gasteiger partial charge in [-0.1, -0.05) is 6.08 Å². The van der Waals surface area contributed by atoms with Gasteiger partial charge in [0.15, 0.2) is 0 Å². The zero-order valence-electron chi connectivity index (χ0n) is 6.69. The van der Waals surface area contributed by atoms with Crippen molar-refractivity contribution >= 4 is 5.97 Å². The standard InChI is InChI=1S/C8H11NO3/c1-2-3-4-5-12-8(11)7(10)6-9/h2,7,10H,1,3-5H2. The molecule has 0 amide bonds. The molecule has 0 bridgehead atoms. The Kier molecular flexibility index (Phi) is 5.66. The average molecular weight is 169 g/mol. The number of rotatable bonds is 5. The van der Waals surface area contributed by atoms with Crippen LogP contribution >= 0.6 is 0 Å². The molecular weight excluding hydrogens is 158 g/mol. The predicted octanol–water partition coefficient (Wildman–Crippen LogP) is 0.380. The third kappa shape index (κ3) is 4.47. The van der Waals surface area contributed by atoms with E-state index in [-0.39, 0.29) is 6.61 Å². The second-order valence-corrected chi connectivity index (χ2v) is 2.13. The minimum Gasteiger partial charge on any atom is -0.463 e. The first kappa shape index (κ1) is 10.7. The van der Waals surface area contributed by atoms with Crippen LogP contribution in [0.5, 0.6) is 0 Å². The van der Waals surface area contributed by atoms with Crippen LogP contribution in [-0.2, 0) is 9.53 Å². The number of hydrogen-bond acceptors (Lipinski definition) is 4. The molecule has 4 heteroatoms. The van der Waals surface area contributed by atoms with Crippen molar-refractivity contribution in [2.24, 2.45) is 0 Å². The van der Waals surface area contributed by atoms with Crippen LogP contribution in [0.1, 0.15) is 12.8 Å². The zero-order valence-corrected chi connectivity index (χ0v) is 6.69. The molecule has 1 N–H and O–H groups in total. The van der Waals surface area contributed by atoms with Crippen LogP contribution in [0.4, 0.5) is 0 Å². The van der Waals surface area contributed by atoms with Gasteiger partial charge in [0, 0.05) is 0 Å². The van der Waals surface area contributed by atoms with Crippen molar-refractivity contribution in [2.45, 2.75) is 18.9 Å². The molecule has 1 atom stereocenters. The first-order chi connectivity index (χ1) is 5.72. The number of hydrogen-bond donors (Lipinski definition) is 1. The van der Waals surface area contributed by atoms with E-state index in [2.05, 4.69) is 11.3 Å². The number of carbonyl (C=O) groups excluding carboxylic acids is 1. The van der Waals surface area contributed by atoms with E-state index in [0.717, 1.165) is 6.42 Å². The summed E-state index contributed by atoms with van der Waals surface area (Å²) in [5, 5.41) is 16.7. The number of ether oxygens (including phenoxy) is 1. The lowest BCUT2D eigenvalue weighted by molar-refractivity contribution is -0.150. The van der Waals surface area contributed by atoms with Gasteiger partial charge in [-0.05, 0) is 12.8 Å². The molecule has 0 rings (SSSR count). The molecule has 0 aliphatic rings. The highest BCUT2D eigenvalue weighted by molar-refractivity contribution is 5.77. The fourth-order valence-corrected chi connectivity index (χ4v) is 0.532. The van der Waals surface area contributed by atoms with Gasteiger partial charge in [-0.2, -0.15) is 5.26 Å². The van der Waals surface area contributed by atoms with Crippen LogP contribution in [0.3, 0.4) is 0 Å². The molecule has 0 radical (unpaired) electrons. The number of esters is 1. The predicted molar refractivity (Wildman–Crippen MR) is 42.0 cm³/mol. The Hall–Kier alpha value is -1.34. The van der Waals surface area contributed by atoms with Crippen LogP contribution in [-0.4, -0.2) is 23.8 Å². The van der Waals surface area contributed by atoms with Crippen LogP contribution in [0.25, 0.3) is 0 Å². The smallest absolute Gasteiger partial charge is 0.349 e. The Morgan fingerprint density at radius 3 is 3.00 bits per heavy atom. The highest BCUT2D eigenvalue weighted by Gasteiger charge is 2.14. The molecule has 0 heterocycles. The van der Waals surface area contributed by atoms with Gasteiger partial charge in [-0.15, -0.1) is 6.58 Å². The number of aliphatic hydroxyl groups excluding tert-OH is 1. The van der Waals surface area contributed by atoms with E-state index in [9.17, 15) is 4.79 Å². The normalized spacial score (nSPS) is 11.3. The van der Waals surface area contributed by atoms with Gasteiger partial charge >= 0.3 is 5.97 Å². The molecule has 12 heavy (non-hydrogen) atoms. The lowest BCUT2D eigenvalue weighted by atomic mass is 10.3. The van der Waals surface area contributed by atoms with Crippen LogP contribution in [0.2, 0.25) is 0 Å². The summed E-state index contributed by atoms with van der Waals surface area (Å²) in [5.74, 6) is -0.887. The number of unbranched alkanes of at least 4 members (excludes halogenated alkanes) is 1. The molecule has 4 nitrogen and oxygen atoms in total. The van der Waals surface area contributed by atoms with Crippen molar-refractivity contribution in [3.63, 3.8) is 0 Å². The highest BCUT2D eigenvalue weighted by Crippen LogP contribution is 1.93. The summed E-state index contributed by atoms with van der Waals surface area (Å²) in [6.45, 7) is 3.70. The molecule has 0 aliphatic heterocycles. The summed E-state index contributed by atoms with van der Waals surface area (Å²) >= 11 is 0.